The summed E-state index contributed by atoms with van der Waals surface area (Å²) in [5.74, 6) is 5.92. The summed E-state index contributed by atoms with van der Waals surface area (Å²) in [7, 11) is 0. The minimum atomic E-state index is 0.649. The van der Waals surface area contributed by atoms with Gasteiger partial charge in [-0.15, -0.1) is 0 Å². The third kappa shape index (κ3) is 4.95. The standard InChI is InChI=1S/C10H15N.C5H7N2/c1-3-9(4-2)10-7-5-6-8-11-10;6-7-4-2-1-3-5-7/h5-9H,3-4H2,1-2H3;1-5H,6H2/q;+1. The van der Waals surface area contributed by atoms with Crippen molar-refractivity contribution in [1.29, 1.82) is 0 Å². The van der Waals surface area contributed by atoms with Gasteiger partial charge in [0, 0.05) is 29.9 Å². The molecule has 0 spiro atoms. The molecule has 0 atom stereocenters. The molecular weight excluding hydrogens is 222 g/mol. The normalized spacial score (nSPS) is 9.72. The molecule has 2 heterocycles. The number of nitrogen functional groups attached to an aromatic ring is 1. The Hall–Kier alpha value is -1.90. The number of rotatable bonds is 3. The molecule has 2 N–H and O–H groups in total. The van der Waals surface area contributed by atoms with E-state index in [2.05, 4.69) is 31.0 Å². The highest BCUT2D eigenvalue weighted by Gasteiger charge is 2.05. The molecule has 3 nitrogen and oxygen atoms in total. The third-order valence-corrected chi connectivity index (χ3v) is 2.83. The van der Waals surface area contributed by atoms with Crippen LogP contribution in [0.15, 0.2) is 55.0 Å². The lowest BCUT2D eigenvalue weighted by Gasteiger charge is -2.09. The first-order valence-corrected chi connectivity index (χ1v) is 6.40. The van der Waals surface area contributed by atoms with Crippen LogP contribution in [0.3, 0.4) is 0 Å². The van der Waals surface area contributed by atoms with Gasteiger partial charge in [0.25, 0.3) is 0 Å². The molecule has 0 aromatic carbocycles. The van der Waals surface area contributed by atoms with Gasteiger partial charge in [-0.25, -0.2) is 5.84 Å². The minimum absolute atomic E-state index is 0.649. The Morgan fingerprint density at radius 3 is 2.11 bits per heavy atom. The fourth-order valence-corrected chi connectivity index (χ4v) is 1.74. The summed E-state index contributed by atoms with van der Waals surface area (Å²) in [6.07, 6.45) is 7.80. The molecule has 96 valence electrons. The average molecular weight is 244 g/mol. The maximum absolute atomic E-state index is 5.27. The molecule has 0 bridgehead atoms. The van der Waals surface area contributed by atoms with Gasteiger partial charge in [0.15, 0.2) is 12.4 Å². The summed E-state index contributed by atoms with van der Waals surface area (Å²) in [4.78, 5) is 4.32. The molecule has 0 saturated carbocycles. The third-order valence-electron chi connectivity index (χ3n) is 2.83. The number of hydrogen-bond acceptors (Lipinski definition) is 2. The molecular formula is C15H22N3+. The van der Waals surface area contributed by atoms with Crippen molar-refractivity contribution in [3.63, 3.8) is 0 Å². The Balaban J connectivity index is 0.000000199. The molecule has 3 heteroatoms. The maximum atomic E-state index is 5.27. The van der Waals surface area contributed by atoms with Gasteiger partial charge in [0.1, 0.15) is 0 Å². The van der Waals surface area contributed by atoms with Crippen molar-refractivity contribution in [2.24, 2.45) is 0 Å². The minimum Gasteiger partial charge on any atom is -0.261 e. The highest BCUT2D eigenvalue weighted by Crippen LogP contribution is 2.19. The maximum Gasteiger partial charge on any atom is 0.199 e. The molecule has 2 aromatic heterocycles. The lowest BCUT2D eigenvalue weighted by atomic mass is 9.99. The van der Waals surface area contributed by atoms with Gasteiger partial charge in [0.05, 0.1) is 0 Å². The van der Waals surface area contributed by atoms with E-state index < -0.39 is 0 Å². The first kappa shape index (κ1) is 14.2. The van der Waals surface area contributed by atoms with Gasteiger partial charge in [-0.2, -0.15) is 0 Å². The fraction of sp³-hybridized carbons (Fsp3) is 0.333. The zero-order valence-electron chi connectivity index (χ0n) is 11.2. The Labute approximate surface area is 109 Å². The summed E-state index contributed by atoms with van der Waals surface area (Å²) in [5.41, 5.74) is 1.23. The molecule has 0 aliphatic carbocycles. The number of pyridine rings is 2. The van der Waals surface area contributed by atoms with Crippen LogP contribution in [0.2, 0.25) is 0 Å². The Kier molecular flexibility index (Phi) is 6.47. The van der Waals surface area contributed by atoms with Crippen molar-refractivity contribution in [1.82, 2.24) is 4.98 Å². The molecule has 2 aromatic rings. The molecule has 2 rings (SSSR count). The quantitative estimate of drug-likeness (QED) is 0.666. The molecule has 0 aliphatic rings. The predicted molar refractivity (Wildman–Crippen MR) is 74.3 cm³/mol. The van der Waals surface area contributed by atoms with Gasteiger partial charge < -0.3 is 0 Å². The average Bonchev–Trinajstić information content (AvgIpc) is 2.43. The van der Waals surface area contributed by atoms with E-state index in [1.54, 1.807) is 12.4 Å². The number of hydrogen-bond donors (Lipinski definition) is 1. The molecule has 0 aliphatic heterocycles. The van der Waals surface area contributed by atoms with E-state index in [1.807, 2.05) is 30.5 Å². The van der Waals surface area contributed by atoms with Crippen molar-refractivity contribution in [2.45, 2.75) is 32.6 Å². The largest absolute Gasteiger partial charge is 0.261 e. The van der Waals surface area contributed by atoms with E-state index in [9.17, 15) is 0 Å². The van der Waals surface area contributed by atoms with Crippen molar-refractivity contribution in [2.75, 3.05) is 5.84 Å². The van der Waals surface area contributed by atoms with E-state index in [1.165, 1.54) is 23.2 Å². The lowest BCUT2D eigenvalue weighted by molar-refractivity contribution is -0.638. The van der Waals surface area contributed by atoms with Crippen LogP contribution in [0.1, 0.15) is 38.3 Å². The van der Waals surface area contributed by atoms with E-state index in [0.29, 0.717) is 5.92 Å². The van der Waals surface area contributed by atoms with Crippen molar-refractivity contribution < 1.29 is 4.68 Å². The molecule has 0 radical (unpaired) electrons. The summed E-state index contributed by atoms with van der Waals surface area (Å²) < 4.78 is 1.50. The predicted octanol–water partition coefficient (Wildman–Crippen LogP) is 2.67. The zero-order chi connectivity index (χ0) is 13.2. The van der Waals surface area contributed by atoms with Crippen LogP contribution < -0.4 is 10.5 Å². The van der Waals surface area contributed by atoms with Crippen LogP contribution >= 0.6 is 0 Å². The zero-order valence-corrected chi connectivity index (χ0v) is 11.2. The molecule has 0 fully saturated rings. The van der Waals surface area contributed by atoms with Crippen LogP contribution in [-0.4, -0.2) is 4.98 Å². The smallest absolute Gasteiger partial charge is 0.199 e. The van der Waals surface area contributed by atoms with Crippen molar-refractivity contribution in [3.8, 4) is 0 Å². The van der Waals surface area contributed by atoms with Crippen molar-refractivity contribution in [3.05, 3.63) is 60.7 Å². The molecule has 0 saturated heterocycles. The summed E-state index contributed by atoms with van der Waals surface area (Å²) in [6, 6.07) is 11.8. The van der Waals surface area contributed by atoms with Gasteiger partial charge in [-0.1, -0.05) is 30.7 Å². The first-order chi connectivity index (χ1) is 8.77. The monoisotopic (exact) mass is 244 g/mol. The van der Waals surface area contributed by atoms with Gasteiger partial charge in [0.2, 0.25) is 0 Å². The van der Waals surface area contributed by atoms with Gasteiger partial charge in [-0.3, -0.25) is 4.98 Å². The van der Waals surface area contributed by atoms with Crippen LogP contribution in [0.5, 0.6) is 0 Å². The number of aromatic nitrogens is 2. The van der Waals surface area contributed by atoms with E-state index >= 15 is 0 Å². The van der Waals surface area contributed by atoms with Gasteiger partial charge >= 0.3 is 0 Å². The number of nitrogens with zero attached hydrogens (tertiary/aromatic N) is 2. The second-order valence-corrected chi connectivity index (χ2v) is 4.09. The van der Waals surface area contributed by atoms with Crippen molar-refractivity contribution >= 4 is 0 Å². The van der Waals surface area contributed by atoms with E-state index in [0.717, 1.165) is 0 Å². The lowest BCUT2D eigenvalue weighted by Crippen LogP contribution is -2.42. The second-order valence-electron chi connectivity index (χ2n) is 4.09. The molecule has 18 heavy (non-hydrogen) atoms. The van der Waals surface area contributed by atoms with Crippen LogP contribution in [0.25, 0.3) is 0 Å². The summed E-state index contributed by atoms with van der Waals surface area (Å²) in [6.45, 7) is 4.42. The van der Waals surface area contributed by atoms with Crippen LogP contribution in [-0.2, 0) is 0 Å². The van der Waals surface area contributed by atoms with Crippen LogP contribution in [0.4, 0.5) is 0 Å². The highest BCUT2D eigenvalue weighted by molar-refractivity contribution is 5.08. The van der Waals surface area contributed by atoms with E-state index in [4.69, 9.17) is 5.84 Å². The highest BCUT2D eigenvalue weighted by atomic mass is 15.3. The second kappa shape index (κ2) is 8.23. The van der Waals surface area contributed by atoms with E-state index in [-0.39, 0.29) is 0 Å². The SMILES string of the molecule is CCC(CC)c1ccccn1.N[n+]1ccccc1. The Morgan fingerprint density at radius 2 is 1.72 bits per heavy atom. The van der Waals surface area contributed by atoms with Gasteiger partial charge in [-0.05, 0) is 25.0 Å². The Bertz CT molecular complexity index is 410. The fourth-order valence-electron chi connectivity index (χ4n) is 1.74. The Morgan fingerprint density at radius 1 is 1.06 bits per heavy atom. The first-order valence-electron chi connectivity index (χ1n) is 6.40. The summed E-state index contributed by atoms with van der Waals surface area (Å²) in [5, 5.41) is 0. The number of nitrogens with two attached hydrogens (primary N) is 1. The summed E-state index contributed by atoms with van der Waals surface area (Å²) >= 11 is 0. The topological polar surface area (TPSA) is 42.8 Å². The molecule has 0 unspecified atom stereocenters. The molecule has 0 amide bonds. The van der Waals surface area contributed by atoms with Crippen LogP contribution in [0, 0.1) is 0 Å².